The Hall–Kier alpha value is -0.900. The fourth-order valence-corrected chi connectivity index (χ4v) is 1.52. The predicted molar refractivity (Wildman–Crippen MR) is 61.7 cm³/mol. The lowest BCUT2D eigenvalue weighted by Gasteiger charge is -2.12. The van der Waals surface area contributed by atoms with E-state index < -0.39 is 12.6 Å². The molecule has 1 nitrogen and oxygen atoms in total. The van der Waals surface area contributed by atoms with Crippen molar-refractivity contribution in [1.82, 2.24) is 0 Å². The third-order valence-corrected chi connectivity index (χ3v) is 2.43. The maximum absolute atomic E-state index is 11.9. The van der Waals surface area contributed by atoms with Crippen LogP contribution >= 0.6 is 11.6 Å². The van der Waals surface area contributed by atoms with Crippen LogP contribution in [0.2, 0.25) is 5.02 Å². The van der Waals surface area contributed by atoms with Gasteiger partial charge in [-0.2, -0.15) is 13.2 Å². The molecule has 1 rings (SSSR count). The van der Waals surface area contributed by atoms with Crippen molar-refractivity contribution in [2.24, 2.45) is 0 Å². The number of benzene rings is 1. The summed E-state index contributed by atoms with van der Waals surface area (Å²) in [7, 11) is 0. The zero-order valence-corrected chi connectivity index (χ0v) is 10.4. The second-order valence-electron chi connectivity index (χ2n) is 4.09. The molecule has 1 aromatic carbocycles. The average Bonchev–Trinajstić information content (AvgIpc) is 2.14. The molecule has 0 saturated heterocycles. The summed E-state index contributed by atoms with van der Waals surface area (Å²) in [4.78, 5) is 0. The zero-order chi connectivity index (χ0) is 13.1. The van der Waals surface area contributed by atoms with Gasteiger partial charge in [-0.1, -0.05) is 25.4 Å². The van der Waals surface area contributed by atoms with Crippen LogP contribution in [0, 0.1) is 0 Å². The van der Waals surface area contributed by atoms with E-state index in [1.807, 2.05) is 13.8 Å². The molecule has 0 bridgehead atoms. The lowest BCUT2D eigenvalue weighted by atomic mass is 10.0. The first kappa shape index (κ1) is 14.2. The summed E-state index contributed by atoms with van der Waals surface area (Å²) in [6.07, 6.45) is -5.16. The Morgan fingerprint density at radius 1 is 1.24 bits per heavy atom. The van der Waals surface area contributed by atoms with Crippen LogP contribution in [0.4, 0.5) is 13.2 Å². The van der Waals surface area contributed by atoms with Crippen LogP contribution in [0.5, 0.6) is 5.75 Å². The average molecular weight is 267 g/mol. The monoisotopic (exact) mass is 266 g/mol. The van der Waals surface area contributed by atoms with Crippen molar-refractivity contribution >= 4 is 11.6 Å². The van der Waals surface area contributed by atoms with E-state index in [4.69, 9.17) is 16.3 Å². The molecule has 17 heavy (non-hydrogen) atoms. The Bertz CT molecular complexity index is 375. The first-order chi connectivity index (χ1) is 7.78. The lowest BCUT2D eigenvalue weighted by molar-refractivity contribution is -0.139. The molecule has 0 N–H and O–H groups in total. The highest BCUT2D eigenvalue weighted by atomic mass is 35.5. The molecule has 0 spiro atoms. The molecule has 0 saturated carbocycles. The van der Waals surface area contributed by atoms with E-state index in [9.17, 15) is 13.2 Å². The Balaban J connectivity index is 2.65. The van der Waals surface area contributed by atoms with Crippen molar-refractivity contribution in [3.05, 3.63) is 28.8 Å². The number of hydrogen-bond acceptors (Lipinski definition) is 1. The minimum absolute atomic E-state index is 0.249. The Morgan fingerprint density at radius 3 is 2.41 bits per heavy atom. The van der Waals surface area contributed by atoms with Crippen LogP contribution in [0.3, 0.4) is 0 Å². The highest BCUT2D eigenvalue weighted by molar-refractivity contribution is 6.30. The van der Waals surface area contributed by atoms with E-state index in [1.165, 1.54) is 6.07 Å². The third kappa shape index (κ3) is 5.31. The van der Waals surface area contributed by atoms with Gasteiger partial charge in [0.05, 0.1) is 13.0 Å². The van der Waals surface area contributed by atoms with E-state index in [1.54, 1.807) is 12.1 Å². The molecule has 0 aliphatic carbocycles. The number of alkyl halides is 3. The van der Waals surface area contributed by atoms with Crippen LogP contribution < -0.4 is 4.74 Å². The summed E-state index contributed by atoms with van der Waals surface area (Å²) in [5, 5.41) is 0.471. The van der Waals surface area contributed by atoms with Gasteiger partial charge in [0.2, 0.25) is 0 Å². The molecule has 0 atom stereocenters. The molecule has 0 aromatic heterocycles. The third-order valence-electron chi connectivity index (χ3n) is 2.21. The largest absolute Gasteiger partial charge is 0.493 e. The topological polar surface area (TPSA) is 9.23 Å². The van der Waals surface area contributed by atoms with E-state index in [0.29, 0.717) is 10.8 Å². The Morgan fingerprint density at radius 2 is 1.88 bits per heavy atom. The van der Waals surface area contributed by atoms with Gasteiger partial charge < -0.3 is 4.74 Å². The molecule has 0 radical (unpaired) electrons. The van der Waals surface area contributed by atoms with Crippen molar-refractivity contribution < 1.29 is 17.9 Å². The molecule has 1 aromatic rings. The first-order valence-electron chi connectivity index (χ1n) is 5.28. The maximum Gasteiger partial charge on any atom is 0.392 e. The molecule has 5 heteroatoms. The van der Waals surface area contributed by atoms with Crippen LogP contribution in [-0.2, 0) is 0 Å². The van der Waals surface area contributed by atoms with Gasteiger partial charge in [-0.15, -0.1) is 0 Å². The van der Waals surface area contributed by atoms with Crippen molar-refractivity contribution in [2.75, 3.05) is 6.61 Å². The molecule has 0 amide bonds. The highest BCUT2D eigenvalue weighted by Gasteiger charge is 2.26. The van der Waals surface area contributed by atoms with E-state index >= 15 is 0 Å². The van der Waals surface area contributed by atoms with Gasteiger partial charge in [-0.05, 0) is 29.7 Å². The van der Waals surface area contributed by atoms with E-state index in [2.05, 4.69) is 0 Å². The van der Waals surface area contributed by atoms with Crippen molar-refractivity contribution in [1.29, 1.82) is 0 Å². The van der Waals surface area contributed by atoms with Crippen molar-refractivity contribution in [2.45, 2.75) is 32.4 Å². The van der Waals surface area contributed by atoms with Gasteiger partial charge >= 0.3 is 6.18 Å². The molecule has 0 unspecified atom stereocenters. The Kier molecular flexibility index (Phi) is 4.69. The van der Waals surface area contributed by atoms with Crippen molar-refractivity contribution in [3.63, 3.8) is 0 Å². The summed E-state index contributed by atoms with van der Waals surface area (Å²) >= 11 is 5.86. The van der Waals surface area contributed by atoms with Crippen LogP contribution in [-0.4, -0.2) is 12.8 Å². The molecule has 0 fully saturated rings. The first-order valence-corrected chi connectivity index (χ1v) is 5.66. The minimum Gasteiger partial charge on any atom is -0.493 e. The normalized spacial score (nSPS) is 11.9. The van der Waals surface area contributed by atoms with Crippen LogP contribution in [0.25, 0.3) is 0 Å². The summed E-state index contributed by atoms with van der Waals surface area (Å²) in [6.45, 7) is 3.57. The SMILES string of the molecule is CC(C)c1cc(Cl)cc(OCCC(F)(F)F)c1. The predicted octanol–water partition coefficient (Wildman–Crippen LogP) is 4.79. The summed E-state index contributed by atoms with van der Waals surface area (Å²) in [6, 6.07) is 5.01. The molecule has 96 valence electrons. The quantitative estimate of drug-likeness (QED) is 0.761. The highest BCUT2D eigenvalue weighted by Crippen LogP contribution is 2.27. The van der Waals surface area contributed by atoms with Crippen LogP contribution in [0.15, 0.2) is 18.2 Å². The van der Waals surface area contributed by atoms with Gasteiger partial charge in [0.25, 0.3) is 0 Å². The maximum atomic E-state index is 11.9. The fourth-order valence-electron chi connectivity index (χ4n) is 1.29. The smallest absolute Gasteiger partial charge is 0.392 e. The standard InChI is InChI=1S/C12H14ClF3O/c1-8(2)9-5-10(13)7-11(6-9)17-4-3-12(14,15)16/h5-8H,3-4H2,1-2H3. The minimum atomic E-state index is -4.19. The molecule has 0 aliphatic rings. The molecule has 0 aliphatic heterocycles. The lowest BCUT2D eigenvalue weighted by Crippen LogP contribution is -2.13. The van der Waals surface area contributed by atoms with E-state index in [-0.39, 0.29) is 12.5 Å². The zero-order valence-electron chi connectivity index (χ0n) is 9.64. The number of halogens is 4. The second-order valence-corrected chi connectivity index (χ2v) is 4.53. The summed E-state index contributed by atoms with van der Waals surface area (Å²) in [5.74, 6) is 0.629. The van der Waals surface area contributed by atoms with Gasteiger partial charge in [0, 0.05) is 5.02 Å². The van der Waals surface area contributed by atoms with Gasteiger partial charge in [0.15, 0.2) is 0 Å². The molecular formula is C12H14ClF3O. The Labute approximate surface area is 104 Å². The summed E-state index contributed by atoms with van der Waals surface area (Å²) in [5.41, 5.74) is 0.944. The second kappa shape index (κ2) is 5.63. The van der Waals surface area contributed by atoms with Crippen LogP contribution in [0.1, 0.15) is 31.7 Å². The summed E-state index contributed by atoms with van der Waals surface area (Å²) < 4.78 is 40.9. The number of hydrogen-bond donors (Lipinski definition) is 0. The fraction of sp³-hybridized carbons (Fsp3) is 0.500. The van der Waals surface area contributed by atoms with E-state index in [0.717, 1.165) is 5.56 Å². The van der Waals surface area contributed by atoms with Gasteiger partial charge in [-0.25, -0.2) is 0 Å². The van der Waals surface area contributed by atoms with Gasteiger partial charge in [-0.3, -0.25) is 0 Å². The number of ether oxygens (including phenoxy) is 1. The van der Waals surface area contributed by atoms with Gasteiger partial charge in [0.1, 0.15) is 5.75 Å². The number of rotatable bonds is 4. The molecular weight excluding hydrogens is 253 g/mol. The van der Waals surface area contributed by atoms with Crippen molar-refractivity contribution in [3.8, 4) is 5.75 Å². The molecule has 0 heterocycles.